The number of piperidine rings is 1. The number of hydrogen-bond acceptors (Lipinski definition) is 4. The van der Waals surface area contributed by atoms with Crippen LogP contribution < -0.4 is 14.8 Å². The van der Waals surface area contributed by atoms with E-state index in [9.17, 15) is 4.79 Å². The van der Waals surface area contributed by atoms with Gasteiger partial charge in [0.2, 0.25) is 0 Å². The number of likely N-dealkylation sites (tertiary alicyclic amines) is 1. The quantitative estimate of drug-likeness (QED) is 0.881. The van der Waals surface area contributed by atoms with Gasteiger partial charge in [0.05, 0.1) is 0 Å². The van der Waals surface area contributed by atoms with Crippen molar-refractivity contribution in [2.75, 3.05) is 26.3 Å². The van der Waals surface area contributed by atoms with Crippen LogP contribution in [0.15, 0.2) is 42.5 Å². The first-order valence-corrected chi connectivity index (χ1v) is 9.76. The molecule has 0 aliphatic carbocycles. The second-order valence-corrected chi connectivity index (χ2v) is 7.15. The Bertz CT molecular complexity index is 800. The molecular weight excluding hydrogens is 340 g/mol. The lowest BCUT2D eigenvalue weighted by molar-refractivity contribution is 0.0949. The minimum Gasteiger partial charge on any atom is -0.486 e. The van der Waals surface area contributed by atoms with E-state index in [4.69, 9.17) is 9.47 Å². The molecule has 1 N–H and O–H groups in total. The van der Waals surface area contributed by atoms with Crippen LogP contribution in [0.5, 0.6) is 11.5 Å². The molecule has 1 amide bonds. The Labute approximate surface area is 160 Å². The first-order chi connectivity index (χ1) is 13.3. The summed E-state index contributed by atoms with van der Waals surface area (Å²) in [6.45, 7) is 4.87. The summed E-state index contributed by atoms with van der Waals surface area (Å²) in [5, 5.41) is 3.05. The highest BCUT2D eigenvalue weighted by atomic mass is 16.6. The average molecular weight is 366 g/mol. The topological polar surface area (TPSA) is 50.8 Å². The highest BCUT2D eigenvalue weighted by molar-refractivity contribution is 5.94. The maximum atomic E-state index is 12.6. The van der Waals surface area contributed by atoms with Crippen LogP contribution in [0.4, 0.5) is 0 Å². The molecule has 0 saturated carbocycles. The molecule has 0 atom stereocenters. The minimum absolute atomic E-state index is 0.0975. The van der Waals surface area contributed by atoms with Gasteiger partial charge in [0.25, 0.3) is 5.91 Å². The number of fused-ring (bicyclic) bond motifs is 1. The van der Waals surface area contributed by atoms with Gasteiger partial charge >= 0.3 is 0 Å². The Morgan fingerprint density at radius 3 is 2.48 bits per heavy atom. The Morgan fingerprint density at radius 1 is 0.926 bits per heavy atom. The molecule has 0 aromatic heterocycles. The maximum Gasteiger partial charge on any atom is 0.251 e. The molecule has 0 bridgehead atoms. The van der Waals surface area contributed by atoms with Gasteiger partial charge in [-0.25, -0.2) is 0 Å². The van der Waals surface area contributed by atoms with E-state index in [0.717, 1.165) is 19.6 Å². The largest absolute Gasteiger partial charge is 0.486 e. The predicted molar refractivity (Wildman–Crippen MR) is 104 cm³/mol. The summed E-state index contributed by atoms with van der Waals surface area (Å²) < 4.78 is 11.1. The summed E-state index contributed by atoms with van der Waals surface area (Å²) in [6.07, 6.45) is 3.90. The van der Waals surface area contributed by atoms with E-state index < -0.39 is 0 Å². The lowest BCUT2D eigenvalue weighted by Crippen LogP contribution is -2.30. The van der Waals surface area contributed by atoms with Crippen molar-refractivity contribution in [2.45, 2.75) is 32.4 Å². The average Bonchev–Trinajstić information content (AvgIpc) is 2.73. The second-order valence-electron chi connectivity index (χ2n) is 7.15. The van der Waals surface area contributed by atoms with Crippen LogP contribution >= 0.6 is 0 Å². The molecule has 4 rings (SSSR count). The molecule has 2 aromatic carbocycles. The lowest BCUT2D eigenvalue weighted by atomic mass is 10.0. The Hall–Kier alpha value is -2.53. The van der Waals surface area contributed by atoms with Gasteiger partial charge in [-0.2, -0.15) is 0 Å². The maximum absolute atomic E-state index is 12.6. The Balaban J connectivity index is 1.40. The van der Waals surface area contributed by atoms with Crippen LogP contribution in [-0.2, 0) is 13.1 Å². The summed E-state index contributed by atoms with van der Waals surface area (Å²) in [5.74, 6) is 1.24. The van der Waals surface area contributed by atoms with Crippen LogP contribution in [0.25, 0.3) is 0 Å². The third kappa shape index (κ3) is 4.42. The van der Waals surface area contributed by atoms with E-state index >= 15 is 0 Å². The fourth-order valence-corrected chi connectivity index (χ4v) is 3.70. The number of carbonyl (C=O) groups is 1. The summed E-state index contributed by atoms with van der Waals surface area (Å²) in [4.78, 5) is 15.1. The van der Waals surface area contributed by atoms with Crippen molar-refractivity contribution in [3.05, 3.63) is 59.2 Å². The van der Waals surface area contributed by atoms with Crippen LogP contribution in [0.1, 0.15) is 40.7 Å². The van der Waals surface area contributed by atoms with E-state index in [0.29, 0.717) is 36.8 Å². The number of benzene rings is 2. The van der Waals surface area contributed by atoms with Crippen LogP contribution in [0, 0.1) is 0 Å². The van der Waals surface area contributed by atoms with E-state index in [2.05, 4.69) is 28.4 Å². The molecule has 2 aliphatic rings. The molecule has 0 radical (unpaired) electrons. The van der Waals surface area contributed by atoms with Crippen LogP contribution in [0.3, 0.4) is 0 Å². The van der Waals surface area contributed by atoms with Gasteiger partial charge in [-0.15, -0.1) is 0 Å². The molecule has 142 valence electrons. The smallest absolute Gasteiger partial charge is 0.251 e. The standard InChI is InChI=1S/C22H26N2O3/c25-22(17-8-9-20-21(14-17)27-13-12-26-20)23-15-18-6-2-3-7-19(18)16-24-10-4-1-5-11-24/h2-3,6-9,14H,1,4-5,10-13,15-16H2,(H,23,25). The summed E-state index contributed by atoms with van der Waals surface area (Å²) in [5.41, 5.74) is 3.06. The van der Waals surface area contributed by atoms with Gasteiger partial charge in [0, 0.05) is 18.7 Å². The van der Waals surface area contributed by atoms with Crippen molar-refractivity contribution < 1.29 is 14.3 Å². The summed E-state index contributed by atoms with van der Waals surface area (Å²) in [6, 6.07) is 13.7. The first kappa shape index (κ1) is 17.9. The normalized spacial score (nSPS) is 16.7. The highest BCUT2D eigenvalue weighted by Gasteiger charge is 2.16. The molecule has 0 spiro atoms. The molecule has 27 heavy (non-hydrogen) atoms. The zero-order valence-corrected chi connectivity index (χ0v) is 15.6. The number of carbonyl (C=O) groups excluding carboxylic acids is 1. The van der Waals surface area contributed by atoms with Gasteiger partial charge < -0.3 is 14.8 Å². The van der Waals surface area contributed by atoms with Crippen LogP contribution in [0.2, 0.25) is 0 Å². The van der Waals surface area contributed by atoms with Crippen molar-refractivity contribution in [1.82, 2.24) is 10.2 Å². The molecule has 2 aromatic rings. The molecule has 1 fully saturated rings. The van der Waals surface area contributed by atoms with E-state index in [1.54, 1.807) is 18.2 Å². The third-order valence-electron chi connectivity index (χ3n) is 5.20. The van der Waals surface area contributed by atoms with E-state index in [1.807, 2.05) is 6.07 Å². The van der Waals surface area contributed by atoms with Gasteiger partial charge in [-0.3, -0.25) is 9.69 Å². The Kier molecular flexibility index (Phi) is 5.58. The molecule has 1 saturated heterocycles. The molecule has 2 aliphatic heterocycles. The summed E-state index contributed by atoms with van der Waals surface area (Å²) >= 11 is 0. The Morgan fingerprint density at radius 2 is 1.67 bits per heavy atom. The molecule has 0 unspecified atom stereocenters. The third-order valence-corrected chi connectivity index (χ3v) is 5.20. The fourth-order valence-electron chi connectivity index (χ4n) is 3.70. The van der Waals surface area contributed by atoms with Crippen molar-refractivity contribution >= 4 is 5.91 Å². The highest BCUT2D eigenvalue weighted by Crippen LogP contribution is 2.30. The molecule has 5 nitrogen and oxygen atoms in total. The number of ether oxygens (including phenoxy) is 2. The predicted octanol–water partition coefficient (Wildman–Crippen LogP) is 3.37. The lowest BCUT2D eigenvalue weighted by Gasteiger charge is -2.27. The number of nitrogens with zero attached hydrogens (tertiary/aromatic N) is 1. The molecule has 2 heterocycles. The van der Waals surface area contributed by atoms with E-state index in [1.165, 1.54) is 30.4 Å². The van der Waals surface area contributed by atoms with Crippen molar-refractivity contribution in [3.8, 4) is 11.5 Å². The molecule has 5 heteroatoms. The van der Waals surface area contributed by atoms with Crippen molar-refractivity contribution in [2.24, 2.45) is 0 Å². The number of amides is 1. The zero-order valence-electron chi connectivity index (χ0n) is 15.6. The number of nitrogens with one attached hydrogen (secondary N) is 1. The second kappa shape index (κ2) is 8.44. The van der Waals surface area contributed by atoms with Gasteiger partial charge in [0.1, 0.15) is 13.2 Å². The molecular formula is C22H26N2O3. The van der Waals surface area contributed by atoms with Gasteiger partial charge in [0.15, 0.2) is 11.5 Å². The monoisotopic (exact) mass is 366 g/mol. The fraction of sp³-hybridized carbons (Fsp3) is 0.409. The van der Waals surface area contributed by atoms with Crippen molar-refractivity contribution in [1.29, 1.82) is 0 Å². The number of rotatable bonds is 5. The minimum atomic E-state index is -0.0975. The first-order valence-electron chi connectivity index (χ1n) is 9.76. The van der Waals surface area contributed by atoms with E-state index in [-0.39, 0.29) is 5.91 Å². The van der Waals surface area contributed by atoms with Crippen molar-refractivity contribution in [3.63, 3.8) is 0 Å². The van der Waals surface area contributed by atoms with Gasteiger partial charge in [-0.1, -0.05) is 30.7 Å². The zero-order chi connectivity index (χ0) is 18.5. The van der Waals surface area contributed by atoms with Gasteiger partial charge in [-0.05, 0) is 55.3 Å². The summed E-state index contributed by atoms with van der Waals surface area (Å²) in [7, 11) is 0. The number of hydrogen-bond donors (Lipinski definition) is 1. The SMILES string of the molecule is O=C(NCc1ccccc1CN1CCCCC1)c1ccc2c(c1)OCCO2. The van der Waals surface area contributed by atoms with Crippen LogP contribution in [-0.4, -0.2) is 37.1 Å².